The fourth-order valence-corrected chi connectivity index (χ4v) is 2.39. The molecule has 0 unspecified atom stereocenters. The second kappa shape index (κ2) is 7.03. The zero-order valence-corrected chi connectivity index (χ0v) is 13.3. The lowest BCUT2D eigenvalue weighted by Gasteiger charge is -2.10. The lowest BCUT2D eigenvalue weighted by Crippen LogP contribution is -2.42. The summed E-state index contributed by atoms with van der Waals surface area (Å²) in [6.45, 7) is 0. The van der Waals surface area contributed by atoms with Crippen LogP contribution in [-0.4, -0.2) is 22.9 Å². The molecule has 0 fully saturated rings. The van der Waals surface area contributed by atoms with Gasteiger partial charge in [0.1, 0.15) is 0 Å². The number of hydrogen-bond acceptors (Lipinski definition) is 3. The van der Waals surface area contributed by atoms with E-state index in [2.05, 4.69) is 10.9 Å². The number of benzene rings is 2. The van der Waals surface area contributed by atoms with Crippen LogP contribution in [0.15, 0.2) is 48.5 Å². The Kier molecular flexibility index (Phi) is 5.10. The van der Waals surface area contributed by atoms with Gasteiger partial charge in [-0.25, -0.2) is 4.79 Å². The number of nitrogens with one attached hydrogen (secondary N) is 2. The fraction of sp³-hybridized carbons (Fsp3) is 0. The minimum Gasteiger partial charge on any atom is -0.478 e. The zero-order valence-electron chi connectivity index (χ0n) is 11.2. The molecule has 0 radical (unpaired) electrons. The number of carbonyl (C=O) groups is 3. The highest BCUT2D eigenvalue weighted by atomic mass is 127. The van der Waals surface area contributed by atoms with E-state index in [4.69, 9.17) is 5.11 Å². The molecule has 0 aliphatic carbocycles. The summed E-state index contributed by atoms with van der Waals surface area (Å²) in [5.41, 5.74) is 4.73. The SMILES string of the molecule is O=C(NNC(=O)c1ccccc1C(=O)O)c1ccccc1I. The number of hydrogen-bond donors (Lipinski definition) is 3. The lowest BCUT2D eigenvalue weighted by molar-refractivity contribution is 0.0690. The Morgan fingerprint density at radius 1 is 0.773 bits per heavy atom. The molecule has 0 bridgehead atoms. The Morgan fingerprint density at radius 3 is 1.77 bits per heavy atom. The van der Waals surface area contributed by atoms with Gasteiger partial charge < -0.3 is 5.11 Å². The third-order valence-corrected chi connectivity index (χ3v) is 3.75. The molecule has 22 heavy (non-hydrogen) atoms. The van der Waals surface area contributed by atoms with E-state index in [0.717, 1.165) is 3.57 Å². The van der Waals surface area contributed by atoms with E-state index in [1.165, 1.54) is 18.2 Å². The summed E-state index contributed by atoms with van der Waals surface area (Å²) in [4.78, 5) is 35.0. The number of halogens is 1. The van der Waals surface area contributed by atoms with Crippen molar-refractivity contribution in [2.75, 3.05) is 0 Å². The van der Waals surface area contributed by atoms with Crippen molar-refractivity contribution in [3.8, 4) is 0 Å². The van der Waals surface area contributed by atoms with Gasteiger partial charge in [0.2, 0.25) is 0 Å². The predicted molar refractivity (Wildman–Crippen MR) is 87.5 cm³/mol. The first-order valence-corrected chi connectivity index (χ1v) is 7.26. The van der Waals surface area contributed by atoms with Crippen LogP contribution in [0.4, 0.5) is 0 Å². The molecule has 0 aliphatic rings. The Labute approximate surface area is 139 Å². The van der Waals surface area contributed by atoms with Crippen molar-refractivity contribution in [1.29, 1.82) is 0 Å². The van der Waals surface area contributed by atoms with Gasteiger partial charge in [0.25, 0.3) is 11.8 Å². The van der Waals surface area contributed by atoms with E-state index in [1.807, 2.05) is 22.6 Å². The molecular formula is C15H11IN2O4. The van der Waals surface area contributed by atoms with Crippen molar-refractivity contribution >= 4 is 40.4 Å². The third kappa shape index (κ3) is 3.61. The van der Waals surface area contributed by atoms with Gasteiger partial charge >= 0.3 is 5.97 Å². The molecule has 0 aliphatic heterocycles. The van der Waals surface area contributed by atoms with Gasteiger partial charge in [0, 0.05) is 3.57 Å². The Morgan fingerprint density at radius 2 is 1.23 bits per heavy atom. The number of carboxylic acid groups (broad SMARTS) is 1. The highest BCUT2D eigenvalue weighted by molar-refractivity contribution is 14.1. The average molecular weight is 410 g/mol. The summed E-state index contributed by atoms with van der Waals surface area (Å²) in [7, 11) is 0. The minimum absolute atomic E-state index is 0.0296. The maximum Gasteiger partial charge on any atom is 0.336 e. The summed E-state index contributed by atoms with van der Waals surface area (Å²) < 4.78 is 0.734. The van der Waals surface area contributed by atoms with Crippen LogP contribution in [0.25, 0.3) is 0 Å². The van der Waals surface area contributed by atoms with Crippen LogP contribution in [0.3, 0.4) is 0 Å². The van der Waals surface area contributed by atoms with Crippen molar-refractivity contribution in [2.45, 2.75) is 0 Å². The molecule has 2 aromatic carbocycles. The molecule has 2 amide bonds. The van der Waals surface area contributed by atoms with Crippen LogP contribution >= 0.6 is 22.6 Å². The number of rotatable bonds is 3. The van der Waals surface area contributed by atoms with Crippen molar-refractivity contribution < 1.29 is 19.5 Å². The number of amides is 2. The number of carboxylic acids is 1. The monoisotopic (exact) mass is 410 g/mol. The molecule has 0 atom stereocenters. The maximum absolute atomic E-state index is 12.0. The van der Waals surface area contributed by atoms with Crippen LogP contribution in [0.2, 0.25) is 0 Å². The quantitative estimate of drug-likeness (QED) is 0.534. The van der Waals surface area contributed by atoms with Gasteiger partial charge in [-0.3, -0.25) is 20.4 Å². The van der Waals surface area contributed by atoms with Gasteiger partial charge in [-0.05, 0) is 46.9 Å². The molecule has 0 heterocycles. The summed E-state index contributed by atoms with van der Waals surface area (Å²) in [6, 6.07) is 12.6. The second-order valence-electron chi connectivity index (χ2n) is 4.24. The molecular weight excluding hydrogens is 399 g/mol. The zero-order chi connectivity index (χ0) is 16.1. The third-order valence-electron chi connectivity index (χ3n) is 2.81. The summed E-state index contributed by atoms with van der Waals surface area (Å²) >= 11 is 2.01. The van der Waals surface area contributed by atoms with Gasteiger partial charge in [-0.2, -0.15) is 0 Å². The smallest absolute Gasteiger partial charge is 0.336 e. The van der Waals surface area contributed by atoms with Gasteiger partial charge in [-0.1, -0.05) is 24.3 Å². The Balaban J connectivity index is 2.09. The number of aromatic carboxylic acids is 1. The first kappa shape index (κ1) is 16.0. The van der Waals surface area contributed by atoms with E-state index in [9.17, 15) is 14.4 Å². The molecule has 2 rings (SSSR count). The number of hydrazine groups is 1. The van der Waals surface area contributed by atoms with E-state index in [0.29, 0.717) is 5.56 Å². The first-order valence-electron chi connectivity index (χ1n) is 6.18. The summed E-state index contributed by atoms with van der Waals surface area (Å²) in [5, 5.41) is 9.04. The fourth-order valence-electron chi connectivity index (χ4n) is 1.76. The molecule has 7 heteroatoms. The van der Waals surface area contributed by atoms with E-state index < -0.39 is 17.8 Å². The molecule has 0 saturated carbocycles. The van der Waals surface area contributed by atoms with Crippen LogP contribution in [0, 0.1) is 3.57 Å². The molecule has 0 aromatic heterocycles. The van der Waals surface area contributed by atoms with Crippen LogP contribution in [0.1, 0.15) is 31.1 Å². The van der Waals surface area contributed by atoms with Crippen molar-refractivity contribution in [1.82, 2.24) is 10.9 Å². The van der Waals surface area contributed by atoms with Crippen molar-refractivity contribution in [3.05, 3.63) is 68.8 Å². The Hall–Kier alpha value is -2.42. The number of carbonyl (C=O) groups excluding carboxylic acids is 2. The first-order chi connectivity index (χ1) is 10.5. The topological polar surface area (TPSA) is 95.5 Å². The molecule has 0 saturated heterocycles. The van der Waals surface area contributed by atoms with Crippen LogP contribution < -0.4 is 10.9 Å². The van der Waals surface area contributed by atoms with Crippen molar-refractivity contribution in [3.63, 3.8) is 0 Å². The minimum atomic E-state index is -1.21. The Bertz CT molecular complexity index is 746. The van der Waals surface area contributed by atoms with Gasteiger partial charge in [0.15, 0.2) is 0 Å². The standard InChI is InChI=1S/C15H11IN2O4/c16-12-8-4-3-7-11(12)14(20)18-17-13(19)9-5-1-2-6-10(9)15(21)22/h1-8H,(H,17,19)(H,18,20)(H,21,22). The van der Waals surface area contributed by atoms with E-state index in [1.54, 1.807) is 30.3 Å². The molecule has 3 N–H and O–H groups in total. The van der Waals surface area contributed by atoms with E-state index >= 15 is 0 Å². The highest BCUT2D eigenvalue weighted by Crippen LogP contribution is 2.11. The molecule has 0 spiro atoms. The second-order valence-corrected chi connectivity index (χ2v) is 5.40. The summed E-state index contributed by atoms with van der Waals surface area (Å²) in [5.74, 6) is -2.39. The van der Waals surface area contributed by atoms with Crippen LogP contribution in [-0.2, 0) is 0 Å². The lowest BCUT2D eigenvalue weighted by atomic mass is 10.1. The summed E-state index contributed by atoms with van der Waals surface area (Å²) in [6.07, 6.45) is 0. The van der Waals surface area contributed by atoms with Gasteiger partial charge in [0.05, 0.1) is 16.7 Å². The predicted octanol–water partition coefficient (Wildman–Crippen LogP) is 2.06. The highest BCUT2D eigenvalue weighted by Gasteiger charge is 2.16. The largest absolute Gasteiger partial charge is 0.478 e. The maximum atomic E-state index is 12.0. The van der Waals surface area contributed by atoms with Crippen molar-refractivity contribution in [2.24, 2.45) is 0 Å². The van der Waals surface area contributed by atoms with E-state index in [-0.39, 0.29) is 11.1 Å². The molecule has 2 aromatic rings. The normalized spacial score (nSPS) is 9.86. The molecule has 6 nitrogen and oxygen atoms in total. The van der Waals surface area contributed by atoms with Gasteiger partial charge in [-0.15, -0.1) is 0 Å². The average Bonchev–Trinajstić information content (AvgIpc) is 2.52. The molecule has 112 valence electrons. The van der Waals surface area contributed by atoms with Crippen LogP contribution in [0.5, 0.6) is 0 Å².